The predicted molar refractivity (Wildman–Crippen MR) is 60.3 cm³/mol. The fourth-order valence-corrected chi connectivity index (χ4v) is 1.17. The van der Waals surface area contributed by atoms with Gasteiger partial charge in [0.2, 0.25) is 0 Å². The minimum Gasteiger partial charge on any atom is -0.496 e. The van der Waals surface area contributed by atoms with Gasteiger partial charge in [-0.25, -0.2) is 4.79 Å². The Kier molecular flexibility index (Phi) is 4.27. The summed E-state index contributed by atoms with van der Waals surface area (Å²) in [6.45, 7) is 1.83. The zero-order valence-corrected chi connectivity index (χ0v) is 9.43. The number of hydrogen-bond donors (Lipinski definition) is 1. The van der Waals surface area contributed by atoms with E-state index >= 15 is 0 Å². The molecule has 0 aromatic heterocycles. The van der Waals surface area contributed by atoms with Crippen LogP contribution >= 0.6 is 0 Å². The van der Waals surface area contributed by atoms with Crippen molar-refractivity contribution in [1.82, 2.24) is 0 Å². The molecule has 7 nitrogen and oxygen atoms in total. The number of rotatable bonds is 4. The summed E-state index contributed by atoms with van der Waals surface area (Å²) in [7, 11) is 1.40. The maximum atomic E-state index is 11.2. The van der Waals surface area contributed by atoms with Gasteiger partial charge in [0.15, 0.2) is 0 Å². The molecule has 0 saturated heterocycles. The summed E-state index contributed by atoms with van der Waals surface area (Å²) in [6, 6.07) is 4.12. The number of amides is 1. The van der Waals surface area contributed by atoms with E-state index in [9.17, 15) is 14.9 Å². The van der Waals surface area contributed by atoms with E-state index in [4.69, 9.17) is 4.74 Å². The van der Waals surface area contributed by atoms with Gasteiger partial charge in [0.05, 0.1) is 24.7 Å². The molecular formula is C10H12N2O5. The lowest BCUT2D eigenvalue weighted by atomic mass is 10.2. The molecule has 17 heavy (non-hydrogen) atoms. The van der Waals surface area contributed by atoms with Gasteiger partial charge in [-0.3, -0.25) is 15.4 Å². The quantitative estimate of drug-likeness (QED) is 0.643. The maximum Gasteiger partial charge on any atom is 0.411 e. The Hall–Kier alpha value is -2.31. The third-order valence-electron chi connectivity index (χ3n) is 1.91. The molecule has 0 radical (unpaired) electrons. The van der Waals surface area contributed by atoms with Crippen molar-refractivity contribution in [3.05, 3.63) is 28.3 Å². The summed E-state index contributed by atoms with van der Waals surface area (Å²) in [5.74, 6) is 0.339. The highest BCUT2D eigenvalue weighted by Crippen LogP contribution is 2.28. The normalized spacial score (nSPS) is 9.53. The van der Waals surface area contributed by atoms with Gasteiger partial charge < -0.3 is 9.47 Å². The topological polar surface area (TPSA) is 90.7 Å². The maximum absolute atomic E-state index is 11.2. The molecule has 1 aromatic carbocycles. The zero-order chi connectivity index (χ0) is 12.8. The fraction of sp³-hybridized carbons (Fsp3) is 0.300. The van der Waals surface area contributed by atoms with Crippen LogP contribution in [0.2, 0.25) is 0 Å². The first-order valence-corrected chi connectivity index (χ1v) is 4.84. The van der Waals surface area contributed by atoms with Gasteiger partial charge in [0, 0.05) is 0 Å². The van der Waals surface area contributed by atoms with Crippen LogP contribution in [0.4, 0.5) is 16.2 Å². The van der Waals surface area contributed by atoms with Crippen molar-refractivity contribution < 1.29 is 19.2 Å². The van der Waals surface area contributed by atoms with Crippen LogP contribution in [-0.4, -0.2) is 24.7 Å². The molecule has 0 saturated carbocycles. The second-order valence-electron chi connectivity index (χ2n) is 2.99. The van der Waals surface area contributed by atoms with Crippen LogP contribution in [0.1, 0.15) is 6.92 Å². The highest BCUT2D eigenvalue weighted by molar-refractivity contribution is 5.88. The second kappa shape index (κ2) is 5.69. The van der Waals surface area contributed by atoms with Crippen LogP contribution in [0, 0.1) is 10.1 Å². The van der Waals surface area contributed by atoms with Gasteiger partial charge in [-0.05, 0) is 19.1 Å². The molecule has 0 aliphatic carbocycles. The smallest absolute Gasteiger partial charge is 0.411 e. The van der Waals surface area contributed by atoms with Crippen molar-refractivity contribution >= 4 is 17.5 Å². The fourth-order valence-electron chi connectivity index (χ4n) is 1.17. The lowest BCUT2D eigenvalue weighted by Gasteiger charge is -2.07. The number of nitrogens with zero attached hydrogens (tertiary/aromatic N) is 1. The number of hydrogen-bond acceptors (Lipinski definition) is 5. The van der Waals surface area contributed by atoms with Crippen LogP contribution in [0.25, 0.3) is 0 Å². The van der Waals surface area contributed by atoms with Crippen molar-refractivity contribution in [3.63, 3.8) is 0 Å². The van der Waals surface area contributed by atoms with Crippen LogP contribution in [0.3, 0.4) is 0 Å². The first-order chi connectivity index (χ1) is 8.08. The Morgan fingerprint density at radius 3 is 2.76 bits per heavy atom. The summed E-state index contributed by atoms with van der Waals surface area (Å²) in [5, 5.41) is 13.1. The van der Waals surface area contributed by atoms with Crippen LogP contribution in [-0.2, 0) is 4.74 Å². The molecule has 0 unspecified atom stereocenters. The van der Waals surface area contributed by atoms with E-state index < -0.39 is 11.0 Å². The third-order valence-corrected chi connectivity index (χ3v) is 1.91. The number of carbonyl (C=O) groups is 1. The van der Waals surface area contributed by atoms with Crippen molar-refractivity contribution in [2.75, 3.05) is 19.0 Å². The summed E-state index contributed by atoms with van der Waals surface area (Å²) in [5.41, 5.74) is -0.188. The molecule has 0 heterocycles. The summed E-state index contributed by atoms with van der Waals surface area (Å²) < 4.78 is 9.50. The first kappa shape index (κ1) is 12.8. The average Bonchev–Trinajstić information content (AvgIpc) is 2.29. The van der Waals surface area contributed by atoms with Gasteiger partial charge >= 0.3 is 6.09 Å². The summed E-state index contributed by atoms with van der Waals surface area (Å²) >= 11 is 0. The van der Waals surface area contributed by atoms with Gasteiger partial charge in [-0.1, -0.05) is 0 Å². The van der Waals surface area contributed by atoms with E-state index in [1.807, 2.05) is 0 Å². The number of benzene rings is 1. The number of nitro benzene ring substituents is 1. The zero-order valence-electron chi connectivity index (χ0n) is 9.43. The Balaban J connectivity index is 2.98. The molecule has 7 heteroatoms. The summed E-state index contributed by atoms with van der Waals surface area (Å²) in [6.07, 6.45) is -0.735. The van der Waals surface area contributed by atoms with E-state index in [0.29, 0.717) is 5.75 Å². The largest absolute Gasteiger partial charge is 0.496 e. The molecule has 1 aromatic rings. The van der Waals surface area contributed by atoms with Crippen LogP contribution in [0.15, 0.2) is 18.2 Å². The molecule has 1 N–H and O–H groups in total. The minimum absolute atomic E-state index is 0.0641. The Morgan fingerprint density at radius 2 is 2.24 bits per heavy atom. The summed E-state index contributed by atoms with van der Waals surface area (Å²) in [4.78, 5) is 21.3. The number of nitro groups is 1. The first-order valence-electron chi connectivity index (χ1n) is 4.84. The lowest BCUT2D eigenvalue weighted by Crippen LogP contribution is -2.14. The highest BCUT2D eigenvalue weighted by atomic mass is 16.6. The van der Waals surface area contributed by atoms with Crippen molar-refractivity contribution in [2.24, 2.45) is 0 Å². The number of methoxy groups -OCH3 is 1. The number of carbonyl (C=O) groups excluding carboxylic acids is 1. The Labute approximate surface area is 97.5 Å². The Bertz CT molecular complexity index is 433. The molecule has 0 aliphatic heterocycles. The van der Waals surface area contributed by atoms with Gasteiger partial charge in [-0.2, -0.15) is 0 Å². The van der Waals surface area contributed by atoms with Gasteiger partial charge in [0.1, 0.15) is 11.4 Å². The standard InChI is InChI=1S/C10H12N2O5/c1-3-17-10(13)11-8-5-4-7(16-2)6-9(8)12(14)15/h4-6H,3H2,1-2H3,(H,11,13). The second-order valence-corrected chi connectivity index (χ2v) is 2.99. The molecule has 0 spiro atoms. The minimum atomic E-state index is -0.735. The third kappa shape index (κ3) is 3.33. The van der Waals surface area contributed by atoms with Gasteiger partial charge in [0.25, 0.3) is 5.69 Å². The van der Waals surface area contributed by atoms with E-state index in [1.165, 1.54) is 25.3 Å². The van der Waals surface area contributed by atoms with E-state index in [1.54, 1.807) is 6.92 Å². The molecule has 0 bridgehead atoms. The van der Waals surface area contributed by atoms with Crippen LogP contribution < -0.4 is 10.1 Å². The SMILES string of the molecule is CCOC(=O)Nc1ccc(OC)cc1[N+](=O)[O-]. The van der Waals surface area contributed by atoms with Crippen molar-refractivity contribution in [2.45, 2.75) is 6.92 Å². The number of ether oxygens (including phenoxy) is 2. The van der Waals surface area contributed by atoms with E-state index in [-0.39, 0.29) is 18.0 Å². The molecular weight excluding hydrogens is 228 g/mol. The Morgan fingerprint density at radius 1 is 1.53 bits per heavy atom. The molecule has 1 rings (SSSR count). The molecule has 0 fully saturated rings. The molecule has 92 valence electrons. The number of anilines is 1. The van der Waals surface area contributed by atoms with Crippen molar-refractivity contribution in [3.8, 4) is 5.75 Å². The molecule has 1 amide bonds. The van der Waals surface area contributed by atoms with E-state index in [2.05, 4.69) is 10.1 Å². The van der Waals surface area contributed by atoms with Crippen molar-refractivity contribution in [1.29, 1.82) is 0 Å². The number of nitrogens with one attached hydrogen (secondary N) is 1. The molecule has 0 atom stereocenters. The average molecular weight is 240 g/mol. The van der Waals surface area contributed by atoms with Gasteiger partial charge in [-0.15, -0.1) is 0 Å². The van der Waals surface area contributed by atoms with Crippen LogP contribution in [0.5, 0.6) is 5.75 Å². The molecule has 0 aliphatic rings. The highest BCUT2D eigenvalue weighted by Gasteiger charge is 2.17. The lowest BCUT2D eigenvalue weighted by molar-refractivity contribution is -0.384. The monoisotopic (exact) mass is 240 g/mol. The van der Waals surface area contributed by atoms with E-state index in [0.717, 1.165) is 0 Å². The predicted octanol–water partition coefficient (Wildman–Crippen LogP) is 2.17.